The number of hydrogen-bond donors (Lipinski definition) is 1. The van der Waals surface area contributed by atoms with Gasteiger partial charge in [0, 0.05) is 12.1 Å². The summed E-state index contributed by atoms with van der Waals surface area (Å²) in [5.41, 5.74) is 1.79. The molecule has 2 aromatic carbocycles. The molecule has 1 N–H and O–H groups in total. The highest BCUT2D eigenvalue weighted by Gasteiger charge is 2.08. The normalized spacial score (nSPS) is 10.7. The Kier molecular flexibility index (Phi) is 6.03. The number of ether oxygens (including phenoxy) is 1. The third-order valence-corrected chi connectivity index (χ3v) is 4.03. The van der Waals surface area contributed by atoms with Crippen molar-refractivity contribution in [2.75, 3.05) is 6.54 Å². The van der Waals surface area contributed by atoms with E-state index in [2.05, 4.69) is 28.2 Å². The van der Waals surface area contributed by atoms with Crippen LogP contribution in [-0.2, 0) is 13.2 Å². The summed E-state index contributed by atoms with van der Waals surface area (Å²) < 4.78 is 19.9. The van der Waals surface area contributed by atoms with Crippen LogP contribution in [0.5, 0.6) is 5.75 Å². The fourth-order valence-corrected chi connectivity index (χ4v) is 2.58. The molecule has 5 heteroatoms. The van der Waals surface area contributed by atoms with Gasteiger partial charge in [-0.05, 0) is 46.2 Å². The lowest BCUT2D eigenvalue weighted by Crippen LogP contribution is -2.11. The summed E-state index contributed by atoms with van der Waals surface area (Å²) in [4.78, 5) is 0. The third-order valence-electron chi connectivity index (χ3n) is 2.99. The van der Waals surface area contributed by atoms with Gasteiger partial charge in [0.05, 0.1) is 9.50 Å². The van der Waals surface area contributed by atoms with E-state index in [-0.39, 0.29) is 11.6 Å². The van der Waals surface area contributed by atoms with Crippen LogP contribution in [0.25, 0.3) is 0 Å². The van der Waals surface area contributed by atoms with E-state index in [1.54, 1.807) is 12.1 Å². The van der Waals surface area contributed by atoms with E-state index in [0.717, 1.165) is 17.6 Å². The average Bonchev–Trinajstić information content (AvgIpc) is 2.48. The van der Waals surface area contributed by atoms with Crippen molar-refractivity contribution in [3.8, 4) is 5.75 Å². The van der Waals surface area contributed by atoms with Crippen molar-refractivity contribution >= 4 is 27.5 Å². The molecule has 0 saturated carbocycles. The second-order valence-electron chi connectivity index (χ2n) is 4.55. The predicted octanol–water partition coefficient (Wildman–Crippen LogP) is 4.93. The molecule has 0 heterocycles. The zero-order valence-electron chi connectivity index (χ0n) is 11.6. The summed E-state index contributed by atoms with van der Waals surface area (Å²) in [5.74, 6) is 0.272. The molecule has 0 atom stereocenters. The summed E-state index contributed by atoms with van der Waals surface area (Å²) in [7, 11) is 0. The van der Waals surface area contributed by atoms with Crippen molar-refractivity contribution in [2.45, 2.75) is 20.1 Å². The van der Waals surface area contributed by atoms with Gasteiger partial charge in [-0.1, -0.05) is 36.7 Å². The fourth-order valence-electron chi connectivity index (χ4n) is 1.86. The average molecular weight is 373 g/mol. The van der Waals surface area contributed by atoms with Crippen molar-refractivity contribution in [1.29, 1.82) is 0 Å². The van der Waals surface area contributed by atoms with Crippen molar-refractivity contribution in [3.05, 3.63) is 62.8 Å². The molecule has 21 heavy (non-hydrogen) atoms. The lowest BCUT2D eigenvalue weighted by Gasteiger charge is -2.11. The van der Waals surface area contributed by atoms with E-state index < -0.39 is 5.82 Å². The molecule has 0 amide bonds. The molecule has 0 aliphatic heterocycles. The Balaban J connectivity index is 2.04. The fraction of sp³-hybridized carbons (Fsp3) is 0.250. The molecular weight excluding hydrogens is 357 g/mol. The first-order valence-electron chi connectivity index (χ1n) is 6.66. The van der Waals surface area contributed by atoms with Gasteiger partial charge in [0.15, 0.2) is 0 Å². The van der Waals surface area contributed by atoms with E-state index in [4.69, 9.17) is 16.3 Å². The molecule has 2 aromatic rings. The summed E-state index contributed by atoms with van der Waals surface area (Å²) in [6.45, 7) is 4.02. The van der Waals surface area contributed by atoms with Gasteiger partial charge in [0.1, 0.15) is 18.2 Å². The van der Waals surface area contributed by atoms with Crippen molar-refractivity contribution in [1.82, 2.24) is 5.32 Å². The Morgan fingerprint density at radius 2 is 2.10 bits per heavy atom. The van der Waals surface area contributed by atoms with E-state index in [1.807, 2.05) is 18.2 Å². The number of benzene rings is 2. The molecule has 0 saturated heterocycles. The summed E-state index contributed by atoms with van der Waals surface area (Å²) in [6.07, 6.45) is 0. The zero-order chi connectivity index (χ0) is 15.2. The van der Waals surface area contributed by atoms with E-state index in [1.165, 1.54) is 11.6 Å². The monoisotopic (exact) mass is 371 g/mol. The first kappa shape index (κ1) is 16.3. The molecule has 0 spiro atoms. The summed E-state index contributed by atoms with van der Waals surface area (Å²) in [5, 5.41) is 3.37. The van der Waals surface area contributed by atoms with Gasteiger partial charge >= 0.3 is 0 Å². The Hall–Kier alpha value is -1.10. The Morgan fingerprint density at radius 1 is 1.29 bits per heavy atom. The smallest absolute Gasteiger partial charge is 0.142 e. The van der Waals surface area contributed by atoms with Crippen LogP contribution in [0.2, 0.25) is 5.02 Å². The highest BCUT2D eigenvalue weighted by atomic mass is 79.9. The number of rotatable bonds is 6. The van der Waals surface area contributed by atoms with Crippen LogP contribution >= 0.6 is 27.5 Å². The highest BCUT2D eigenvalue weighted by Crippen LogP contribution is 2.28. The quantitative estimate of drug-likeness (QED) is 0.776. The minimum absolute atomic E-state index is 0.109. The minimum Gasteiger partial charge on any atom is -0.488 e. The highest BCUT2D eigenvalue weighted by molar-refractivity contribution is 9.10. The number of nitrogens with one attached hydrogen (secondary N) is 1. The molecule has 0 aliphatic rings. The molecule has 112 valence electrons. The molecule has 0 radical (unpaired) electrons. The van der Waals surface area contributed by atoms with Crippen LogP contribution in [0.15, 0.2) is 40.9 Å². The second kappa shape index (κ2) is 7.78. The molecule has 0 fully saturated rings. The molecule has 0 bridgehead atoms. The molecule has 2 nitrogen and oxygen atoms in total. The van der Waals surface area contributed by atoms with Crippen LogP contribution in [0.1, 0.15) is 18.1 Å². The maximum Gasteiger partial charge on any atom is 0.142 e. The van der Waals surface area contributed by atoms with Gasteiger partial charge in [0.25, 0.3) is 0 Å². The molecule has 0 aliphatic carbocycles. The molecule has 0 unspecified atom stereocenters. The third kappa shape index (κ3) is 4.43. The number of hydrogen-bond acceptors (Lipinski definition) is 2. The lowest BCUT2D eigenvalue weighted by molar-refractivity contribution is 0.303. The Morgan fingerprint density at radius 3 is 2.81 bits per heavy atom. The van der Waals surface area contributed by atoms with Gasteiger partial charge < -0.3 is 10.1 Å². The molecular formula is C16H16BrClFNO. The van der Waals surface area contributed by atoms with Gasteiger partial charge in [-0.15, -0.1) is 0 Å². The van der Waals surface area contributed by atoms with Gasteiger partial charge in [-0.3, -0.25) is 0 Å². The SMILES string of the molecule is CCNCc1ccc(OCc2cccc(F)c2Cl)c(Br)c1. The van der Waals surface area contributed by atoms with Crippen molar-refractivity contribution in [3.63, 3.8) is 0 Å². The minimum atomic E-state index is -0.433. The first-order chi connectivity index (χ1) is 10.1. The van der Waals surface area contributed by atoms with Gasteiger partial charge in [0.2, 0.25) is 0 Å². The maximum absolute atomic E-state index is 13.4. The second-order valence-corrected chi connectivity index (χ2v) is 5.78. The summed E-state index contributed by atoms with van der Waals surface area (Å²) in [6, 6.07) is 10.6. The summed E-state index contributed by atoms with van der Waals surface area (Å²) >= 11 is 9.39. The van der Waals surface area contributed by atoms with E-state index in [9.17, 15) is 4.39 Å². The first-order valence-corrected chi connectivity index (χ1v) is 7.83. The molecule has 2 rings (SSSR count). The largest absolute Gasteiger partial charge is 0.488 e. The van der Waals surface area contributed by atoms with Crippen LogP contribution in [-0.4, -0.2) is 6.54 Å². The van der Waals surface area contributed by atoms with Crippen LogP contribution in [0.4, 0.5) is 4.39 Å². The Labute approximate surface area is 137 Å². The lowest BCUT2D eigenvalue weighted by atomic mass is 10.2. The van der Waals surface area contributed by atoms with Gasteiger partial charge in [-0.25, -0.2) is 4.39 Å². The standard InChI is InChI=1S/C16H16BrClFNO/c1-2-20-9-11-6-7-15(13(17)8-11)21-10-12-4-3-5-14(19)16(12)18/h3-8,20H,2,9-10H2,1H3. The van der Waals surface area contributed by atoms with Crippen molar-refractivity contribution in [2.24, 2.45) is 0 Å². The van der Waals surface area contributed by atoms with Crippen LogP contribution < -0.4 is 10.1 Å². The predicted molar refractivity (Wildman–Crippen MR) is 87.3 cm³/mol. The van der Waals surface area contributed by atoms with Crippen molar-refractivity contribution < 1.29 is 9.13 Å². The maximum atomic E-state index is 13.4. The van der Waals surface area contributed by atoms with E-state index in [0.29, 0.717) is 11.3 Å². The number of halogens is 3. The van der Waals surface area contributed by atoms with E-state index >= 15 is 0 Å². The van der Waals surface area contributed by atoms with Crippen LogP contribution in [0.3, 0.4) is 0 Å². The Bertz CT molecular complexity index is 621. The molecule has 0 aromatic heterocycles. The van der Waals surface area contributed by atoms with Gasteiger partial charge in [-0.2, -0.15) is 0 Å². The topological polar surface area (TPSA) is 21.3 Å². The zero-order valence-corrected chi connectivity index (χ0v) is 14.0. The van der Waals surface area contributed by atoms with Crippen LogP contribution in [0, 0.1) is 5.82 Å².